The normalized spacial score (nSPS) is 28.2. The Labute approximate surface area is 102 Å². The number of aryl methyl sites for hydroxylation is 1. The summed E-state index contributed by atoms with van der Waals surface area (Å²) in [6.45, 7) is 4.01. The van der Waals surface area contributed by atoms with Crippen molar-refractivity contribution in [1.82, 2.24) is 14.8 Å². The Kier molecular flexibility index (Phi) is 2.47. The van der Waals surface area contributed by atoms with E-state index in [0.29, 0.717) is 5.41 Å². The maximum atomic E-state index is 12.4. The van der Waals surface area contributed by atoms with Crippen molar-refractivity contribution in [1.29, 1.82) is 0 Å². The van der Waals surface area contributed by atoms with Gasteiger partial charge < -0.3 is 14.8 Å². The van der Waals surface area contributed by atoms with Crippen LogP contribution in [0.1, 0.15) is 23.3 Å². The Morgan fingerprint density at radius 2 is 2.35 bits per heavy atom. The molecule has 1 amide bonds. The van der Waals surface area contributed by atoms with E-state index >= 15 is 0 Å². The van der Waals surface area contributed by atoms with Crippen molar-refractivity contribution in [3.8, 4) is 0 Å². The molecule has 2 aliphatic rings. The van der Waals surface area contributed by atoms with Gasteiger partial charge in [0.05, 0.1) is 0 Å². The van der Waals surface area contributed by atoms with E-state index in [1.165, 1.54) is 6.42 Å². The number of nitrogens with zero attached hydrogens (tertiary/aromatic N) is 2. The summed E-state index contributed by atoms with van der Waals surface area (Å²) in [4.78, 5) is 14.4. The summed E-state index contributed by atoms with van der Waals surface area (Å²) in [5.74, 6) is 0.182. The number of carbonyl (C=O) groups is 1. The van der Waals surface area contributed by atoms with Gasteiger partial charge in [-0.05, 0) is 31.5 Å². The quantitative estimate of drug-likeness (QED) is 0.781. The van der Waals surface area contributed by atoms with Gasteiger partial charge in [-0.2, -0.15) is 0 Å². The number of hydrogen-bond acceptors (Lipinski definition) is 2. The number of likely N-dealkylation sites (tertiary alicyclic amines) is 1. The first-order valence-corrected chi connectivity index (χ1v) is 6.32. The Morgan fingerprint density at radius 3 is 3.00 bits per heavy atom. The van der Waals surface area contributed by atoms with Crippen LogP contribution >= 0.6 is 0 Å². The van der Waals surface area contributed by atoms with Gasteiger partial charge in [-0.3, -0.25) is 4.79 Å². The zero-order valence-corrected chi connectivity index (χ0v) is 10.3. The van der Waals surface area contributed by atoms with Crippen molar-refractivity contribution in [3.05, 3.63) is 24.0 Å². The van der Waals surface area contributed by atoms with Crippen LogP contribution in [-0.2, 0) is 7.05 Å². The Hall–Kier alpha value is -1.29. The number of carbonyl (C=O) groups excluding carboxylic acids is 1. The Balaban J connectivity index is 1.75. The molecule has 0 saturated carbocycles. The highest BCUT2D eigenvalue weighted by atomic mass is 16.2. The van der Waals surface area contributed by atoms with Crippen LogP contribution < -0.4 is 5.32 Å². The van der Waals surface area contributed by atoms with Crippen LogP contribution in [-0.4, -0.2) is 41.6 Å². The number of aromatic nitrogens is 1. The Bertz CT molecular complexity index is 432. The number of rotatable bonds is 1. The SMILES string of the molecule is Cn1cccc1C(=O)N1CCC2(CCNC2)C1. The predicted octanol–water partition coefficient (Wildman–Crippen LogP) is 0.851. The molecule has 2 aliphatic heterocycles. The topological polar surface area (TPSA) is 37.3 Å². The highest BCUT2D eigenvalue weighted by Crippen LogP contribution is 2.36. The third-order valence-electron chi connectivity index (χ3n) is 4.22. The molecule has 1 aromatic heterocycles. The lowest BCUT2D eigenvalue weighted by molar-refractivity contribution is 0.0766. The average molecular weight is 233 g/mol. The molecule has 4 heteroatoms. The molecule has 1 aromatic rings. The van der Waals surface area contributed by atoms with E-state index in [4.69, 9.17) is 0 Å². The molecule has 2 saturated heterocycles. The third kappa shape index (κ3) is 1.76. The van der Waals surface area contributed by atoms with Gasteiger partial charge in [0.15, 0.2) is 0 Å². The fourth-order valence-corrected chi connectivity index (χ4v) is 3.10. The van der Waals surface area contributed by atoms with E-state index in [-0.39, 0.29) is 5.91 Å². The van der Waals surface area contributed by atoms with Crippen molar-refractivity contribution in [2.24, 2.45) is 12.5 Å². The smallest absolute Gasteiger partial charge is 0.270 e. The number of amides is 1. The fraction of sp³-hybridized carbons (Fsp3) is 0.615. The molecule has 2 fully saturated rings. The molecule has 0 radical (unpaired) electrons. The molecule has 3 heterocycles. The summed E-state index contributed by atoms with van der Waals surface area (Å²) >= 11 is 0. The van der Waals surface area contributed by atoms with Crippen molar-refractivity contribution in [3.63, 3.8) is 0 Å². The van der Waals surface area contributed by atoms with E-state index in [1.54, 1.807) is 0 Å². The minimum atomic E-state index is 0.182. The van der Waals surface area contributed by atoms with Gasteiger partial charge in [0.25, 0.3) is 5.91 Å². The van der Waals surface area contributed by atoms with E-state index in [0.717, 1.165) is 38.3 Å². The molecule has 0 aromatic carbocycles. The maximum Gasteiger partial charge on any atom is 0.270 e. The lowest BCUT2D eigenvalue weighted by Crippen LogP contribution is -2.34. The molecular formula is C13H19N3O. The molecule has 1 N–H and O–H groups in total. The van der Waals surface area contributed by atoms with Gasteiger partial charge in [-0.15, -0.1) is 0 Å². The van der Waals surface area contributed by atoms with Crippen molar-refractivity contribution in [2.45, 2.75) is 12.8 Å². The predicted molar refractivity (Wildman–Crippen MR) is 65.9 cm³/mol. The van der Waals surface area contributed by atoms with Crippen LogP contribution in [0.15, 0.2) is 18.3 Å². The lowest BCUT2D eigenvalue weighted by atomic mass is 9.87. The van der Waals surface area contributed by atoms with Crippen LogP contribution in [0.2, 0.25) is 0 Å². The Morgan fingerprint density at radius 1 is 1.47 bits per heavy atom. The largest absolute Gasteiger partial charge is 0.347 e. The van der Waals surface area contributed by atoms with Gasteiger partial charge >= 0.3 is 0 Å². The molecule has 1 atom stereocenters. The van der Waals surface area contributed by atoms with Crippen LogP contribution in [0.5, 0.6) is 0 Å². The van der Waals surface area contributed by atoms with E-state index in [2.05, 4.69) is 5.32 Å². The van der Waals surface area contributed by atoms with E-state index in [9.17, 15) is 4.79 Å². The van der Waals surface area contributed by atoms with E-state index in [1.807, 2.05) is 34.8 Å². The zero-order chi connectivity index (χ0) is 11.9. The first-order valence-electron chi connectivity index (χ1n) is 6.32. The lowest BCUT2D eigenvalue weighted by Gasteiger charge is -2.22. The molecule has 17 heavy (non-hydrogen) atoms. The summed E-state index contributed by atoms with van der Waals surface area (Å²) in [7, 11) is 1.93. The number of hydrogen-bond donors (Lipinski definition) is 1. The molecule has 92 valence electrons. The van der Waals surface area contributed by atoms with Crippen LogP contribution in [0.25, 0.3) is 0 Å². The summed E-state index contributed by atoms with van der Waals surface area (Å²) in [6, 6.07) is 3.83. The highest BCUT2D eigenvalue weighted by molar-refractivity contribution is 5.93. The van der Waals surface area contributed by atoms with Gasteiger partial charge in [-0.1, -0.05) is 0 Å². The fourth-order valence-electron chi connectivity index (χ4n) is 3.10. The molecule has 0 bridgehead atoms. The van der Waals surface area contributed by atoms with Crippen LogP contribution in [0.4, 0.5) is 0 Å². The van der Waals surface area contributed by atoms with Crippen molar-refractivity contribution in [2.75, 3.05) is 26.2 Å². The van der Waals surface area contributed by atoms with Crippen LogP contribution in [0.3, 0.4) is 0 Å². The summed E-state index contributed by atoms with van der Waals surface area (Å²) in [5, 5.41) is 3.42. The molecule has 1 spiro atoms. The second-order valence-electron chi connectivity index (χ2n) is 5.41. The summed E-state index contributed by atoms with van der Waals surface area (Å²) in [6.07, 6.45) is 4.29. The zero-order valence-electron chi connectivity index (χ0n) is 10.3. The minimum absolute atomic E-state index is 0.182. The third-order valence-corrected chi connectivity index (χ3v) is 4.22. The highest BCUT2D eigenvalue weighted by Gasteiger charge is 2.42. The van der Waals surface area contributed by atoms with Gasteiger partial charge in [0.2, 0.25) is 0 Å². The maximum absolute atomic E-state index is 12.4. The van der Waals surface area contributed by atoms with Crippen LogP contribution in [0, 0.1) is 5.41 Å². The summed E-state index contributed by atoms with van der Waals surface area (Å²) < 4.78 is 1.90. The molecular weight excluding hydrogens is 214 g/mol. The second kappa shape index (κ2) is 3.88. The average Bonchev–Trinajstić information content (AvgIpc) is 3.02. The molecule has 0 aliphatic carbocycles. The molecule has 1 unspecified atom stereocenters. The number of nitrogens with one attached hydrogen (secondary N) is 1. The molecule has 3 rings (SSSR count). The second-order valence-corrected chi connectivity index (χ2v) is 5.41. The van der Waals surface area contributed by atoms with Gasteiger partial charge in [-0.25, -0.2) is 0 Å². The first-order chi connectivity index (χ1) is 8.20. The first kappa shape index (κ1) is 10.8. The summed E-state index contributed by atoms with van der Waals surface area (Å²) in [5.41, 5.74) is 1.16. The minimum Gasteiger partial charge on any atom is -0.347 e. The van der Waals surface area contributed by atoms with Gasteiger partial charge in [0.1, 0.15) is 5.69 Å². The molecule has 4 nitrogen and oxygen atoms in total. The van der Waals surface area contributed by atoms with Crippen molar-refractivity contribution < 1.29 is 4.79 Å². The van der Waals surface area contributed by atoms with Gasteiger partial charge in [0, 0.05) is 38.3 Å². The van der Waals surface area contributed by atoms with E-state index < -0.39 is 0 Å². The monoisotopic (exact) mass is 233 g/mol. The van der Waals surface area contributed by atoms with Crippen molar-refractivity contribution >= 4 is 5.91 Å². The standard InChI is InChI=1S/C13H19N3O/c1-15-7-2-3-11(15)12(17)16-8-5-13(10-16)4-6-14-9-13/h2-3,7,14H,4-6,8-10H2,1H3.